The third-order valence-electron chi connectivity index (χ3n) is 3.73. The Morgan fingerprint density at radius 1 is 1.52 bits per heavy atom. The third-order valence-corrected chi connectivity index (χ3v) is 3.73. The van der Waals surface area contributed by atoms with E-state index in [1.54, 1.807) is 0 Å². The average molecular weight is 295 g/mol. The van der Waals surface area contributed by atoms with Crippen molar-refractivity contribution in [1.82, 2.24) is 14.5 Å². The van der Waals surface area contributed by atoms with Crippen molar-refractivity contribution in [3.05, 3.63) is 17.3 Å². The van der Waals surface area contributed by atoms with E-state index in [0.29, 0.717) is 19.4 Å². The normalized spacial score (nSPS) is 21.5. The summed E-state index contributed by atoms with van der Waals surface area (Å²) in [6, 6.07) is -0.808. The molecule has 0 radical (unpaired) electrons. The zero-order valence-corrected chi connectivity index (χ0v) is 11.5. The Morgan fingerprint density at radius 2 is 2.29 bits per heavy atom. The molecule has 2 heterocycles. The molecule has 4 N–H and O–H groups in total. The fourth-order valence-electron chi connectivity index (χ4n) is 2.61. The number of nitrogens with two attached hydrogens (primary N) is 1. The molecule has 0 saturated carbocycles. The molecule has 10 heteroatoms. The predicted molar refractivity (Wildman–Crippen MR) is 76.3 cm³/mol. The van der Waals surface area contributed by atoms with Gasteiger partial charge >= 0.3 is 13.1 Å². The van der Waals surface area contributed by atoms with E-state index in [2.05, 4.69) is 10.2 Å². The molecule has 1 aromatic rings. The number of carbonyl (C=O) groups excluding carboxylic acids is 1. The maximum Gasteiger partial charge on any atom is 0.451 e. The van der Waals surface area contributed by atoms with Crippen LogP contribution in [0.2, 0.25) is 6.32 Å². The van der Waals surface area contributed by atoms with E-state index in [4.69, 9.17) is 15.8 Å². The Bertz CT molecular complexity index is 509. The van der Waals surface area contributed by atoms with E-state index in [0.717, 1.165) is 0 Å². The standard InChI is InChI=1S/C11H18BN5O4/c13-10-14-4-5-17(10)11(18)16-6-8(9(7-16)15-21)2-1-3-12(19)20/h4-5,8-9,19-20H,1-3,6-7H2,(H2,13,14)/t8-,9-/m0/s1. The molecular weight excluding hydrogens is 277 g/mol. The van der Waals surface area contributed by atoms with Crippen LogP contribution in [0.15, 0.2) is 17.6 Å². The molecule has 1 fully saturated rings. The van der Waals surface area contributed by atoms with Crippen LogP contribution in [-0.4, -0.2) is 56.8 Å². The van der Waals surface area contributed by atoms with Gasteiger partial charge in [-0.05, 0) is 12.7 Å². The lowest BCUT2D eigenvalue weighted by molar-refractivity contribution is 0.208. The molecule has 1 saturated heterocycles. The highest BCUT2D eigenvalue weighted by Crippen LogP contribution is 2.26. The minimum atomic E-state index is -1.35. The Hall–Kier alpha value is -1.94. The minimum Gasteiger partial charge on any atom is -0.427 e. The van der Waals surface area contributed by atoms with E-state index in [-0.39, 0.29) is 30.8 Å². The van der Waals surface area contributed by atoms with Crippen LogP contribution < -0.4 is 5.73 Å². The van der Waals surface area contributed by atoms with E-state index >= 15 is 0 Å². The van der Waals surface area contributed by atoms with Gasteiger partial charge < -0.3 is 20.7 Å². The van der Waals surface area contributed by atoms with Crippen LogP contribution >= 0.6 is 0 Å². The Balaban J connectivity index is 1.96. The molecule has 21 heavy (non-hydrogen) atoms. The third kappa shape index (κ3) is 3.58. The molecule has 0 spiro atoms. The summed E-state index contributed by atoms with van der Waals surface area (Å²) in [5.41, 5.74) is 5.59. The largest absolute Gasteiger partial charge is 0.451 e. The lowest BCUT2D eigenvalue weighted by Crippen LogP contribution is -2.33. The quantitative estimate of drug-likeness (QED) is 0.506. The number of hydrogen-bond donors (Lipinski definition) is 3. The van der Waals surface area contributed by atoms with Gasteiger partial charge in [-0.3, -0.25) is 0 Å². The van der Waals surface area contributed by atoms with E-state index < -0.39 is 13.2 Å². The van der Waals surface area contributed by atoms with Crippen molar-refractivity contribution in [2.24, 2.45) is 11.1 Å². The van der Waals surface area contributed by atoms with Crippen molar-refractivity contribution in [2.75, 3.05) is 18.8 Å². The molecule has 2 atom stereocenters. The number of nitrogen functional groups attached to an aromatic ring is 1. The highest BCUT2D eigenvalue weighted by Gasteiger charge is 2.36. The van der Waals surface area contributed by atoms with E-state index in [1.807, 2.05) is 0 Å². The van der Waals surface area contributed by atoms with Gasteiger partial charge in [-0.25, -0.2) is 14.3 Å². The number of nitrogens with zero attached hydrogens (tertiary/aromatic N) is 4. The van der Waals surface area contributed by atoms with Crippen molar-refractivity contribution in [2.45, 2.75) is 25.2 Å². The molecule has 2 rings (SSSR count). The first-order valence-corrected chi connectivity index (χ1v) is 6.79. The lowest BCUT2D eigenvalue weighted by atomic mass is 9.82. The zero-order valence-electron chi connectivity index (χ0n) is 11.5. The number of likely N-dealkylation sites (tertiary alicyclic amines) is 1. The van der Waals surface area contributed by atoms with Gasteiger partial charge in [0, 0.05) is 31.4 Å². The van der Waals surface area contributed by atoms with Crippen LogP contribution in [0.4, 0.5) is 10.7 Å². The summed E-state index contributed by atoms with van der Waals surface area (Å²) in [5.74, 6) is 0.0254. The monoisotopic (exact) mass is 295 g/mol. The highest BCUT2D eigenvalue weighted by molar-refractivity contribution is 6.40. The Labute approximate surface area is 121 Å². The number of rotatable bonds is 5. The molecule has 1 aliphatic heterocycles. The number of aromatic nitrogens is 2. The van der Waals surface area contributed by atoms with Crippen LogP contribution in [0.3, 0.4) is 0 Å². The smallest absolute Gasteiger partial charge is 0.427 e. The van der Waals surface area contributed by atoms with Crippen LogP contribution in [0.5, 0.6) is 0 Å². The number of anilines is 1. The van der Waals surface area contributed by atoms with Gasteiger partial charge in [-0.15, -0.1) is 0 Å². The topological polar surface area (TPSA) is 134 Å². The summed E-state index contributed by atoms with van der Waals surface area (Å²) in [7, 11) is -1.35. The van der Waals surface area contributed by atoms with E-state index in [1.165, 1.54) is 21.9 Å². The minimum absolute atomic E-state index is 0.0741. The van der Waals surface area contributed by atoms with E-state index in [9.17, 15) is 9.70 Å². The summed E-state index contributed by atoms with van der Waals surface area (Å²) < 4.78 is 1.22. The lowest BCUT2D eigenvalue weighted by Gasteiger charge is -2.16. The molecule has 1 aromatic heterocycles. The number of nitroso groups, excluding NO2 is 1. The maximum absolute atomic E-state index is 12.3. The van der Waals surface area contributed by atoms with Gasteiger partial charge in [0.05, 0.1) is 0 Å². The maximum atomic E-state index is 12.3. The second-order valence-electron chi connectivity index (χ2n) is 5.19. The molecule has 114 valence electrons. The molecule has 0 bridgehead atoms. The Morgan fingerprint density at radius 3 is 2.86 bits per heavy atom. The molecule has 9 nitrogen and oxygen atoms in total. The van der Waals surface area contributed by atoms with Crippen molar-refractivity contribution < 1.29 is 14.8 Å². The van der Waals surface area contributed by atoms with Crippen molar-refractivity contribution in [1.29, 1.82) is 0 Å². The second-order valence-corrected chi connectivity index (χ2v) is 5.19. The first-order chi connectivity index (χ1) is 10.0. The highest BCUT2D eigenvalue weighted by atomic mass is 16.4. The number of imidazole rings is 1. The molecular formula is C11H18BN5O4. The van der Waals surface area contributed by atoms with Crippen molar-refractivity contribution in [3.8, 4) is 0 Å². The van der Waals surface area contributed by atoms with Gasteiger partial charge in [-0.2, -0.15) is 4.91 Å². The number of hydrogen-bond acceptors (Lipinski definition) is 7. The second kappa shape index (κ2) is 6.68. The summed E-state index contributed by atoms with van der Waals surface area (Å²) in [6.07, 6.45) is 4.31. The predicted octanol–water partition coefficient (Wildman–Crippen LogP) is -0.247. The molecule has 0 aliphatic carbocycles. The fraction of sp³-hybridized carbons (Fsp3) is 0.636. The van der Waals surface area contributed by atoms with Gasteiger partial charge in [0.25, 0.3) is 0 Å². The summed E-state index contributed by atoms with van der Waals surface area (Å²) in [4.78, 5) is 28.5. The first-order valence-electron chi connectivity index (χ1n) is 6.79. The van der Waals surface area contributed by atoms with Gasteiger partial charge in [-0.1, -0.05) is 11.6 Å². The SMILES string of the molecule is Nc1nccn1C(=O)N1C[C@H](CCCB(O)O)[C@@H](N=O)C1. The van der Waals surface area contributed by atoms with Gasteiger partial charge in [0.2, 0.25) is 5.95 Å². The number of carbonyl (C=O) groups is 1. The average Bonchev–Trinajstić information content (AvgIpc) is 3.04. The van der Waals surface area contributed by atoms with Crippen LogP contribution in [0, 0.1) is 10.8 Å². The first kappa shape index (κ1) is 15.5. The van der Waals surface area contributed by atoms with Crippen LogP contribution in [0.25, 0.3) is 0 Å². The molecule has 0 unspecified atom stereocenters. The van der Waals surface area contributed by atoms with Crippen LogP contribution in [0.1, 0.15) is 12.8 Å². The summed E-state index contributed by atoms with van der Waals surface area (Å²) in [6.45, 7) is 0.640. The van der Waals surface area contributed by atoms with Crippen molar-refractivity contribution in [3.63, 3.8) is 0 Å². The molecule has 1 aliphatic rings. The number of amides is 1. The fourth-order valence-corrected chi connectivity index (χ4v) is 2.61. The zero-order chi connectivity index (χ0) is 15.4. The van der Waals surface area contributed by atoms with Gasteiger partial charge in [0.1, 0.15) is 6.04 Å². The molecule has 0 aromatic carbocycles. The Kier molecular flexibility index (Phi) is 4.92. The summed E-state index contributed by atoms with van der Waals surface area (Å²) in [5, 5.41) is 20.7. The summed E-state index contributed by atoms with van der Waals surface area (Å²) >= 11 is 0. The van der Waals surface area contributed by atoms with Crippen molar-refractivity contribution >= 4 is 19.1 Å². The molecule has 1 amide bonds. The van der Waals surface area contributed by atoms with Crippen LogP contribution in [-0.2, 0) is 0 Å². The van der Waals surface area contributed by atoms with Gasteiger partial charge in [0.15, 0.2) is 0 Å².